The summed E-state index contributed by atoms with van der Waals surface area (Å²) >= 11 is 1.45. The Labute approximate surface area is 161 Å². The minimum Gasteiger partial charge on any atom is -0.350 e. The molecule has 0 spiro atoms. The molecule has 6 nitrogen and oxygen atoms in total. The van der Waals surface area contributed by atoms with E-state index < -0.39 is 0 Å². The van der Waals surface area contributed by atoms with E-state index in [9.17, 15) is 10.1 Å². The average molecular weight is 377 g/mol. The van der Waals surface area contributed by atoms with Crippen LogP contribution in [0.5, 0.6) is 0 Å². The number of rotatable bonds is 4. The number of amides is 1. The molecule has 27 heavy (non-hydrogen) atoms. The van der Waals surface area contributed by atoms with Crippen LogP contribution in [0.1, 0.15) is 29.5 Å². The second kappa shape index (κ2) is 7.33. The molecule has 136 valence electrons. The first-order valence-electron chi connectivity index (χ1n) is 8.92. The van der Waals surface area contributed by atoms with Crippen molar-refractivity contribution in [3.8, 4) is 6.07 Å². The Bertz CT molecular complexity index is 1020. The Morgan fingerprint density at radius 2 is 2.22 bits per heavy atom. The van der Waals surface area contributed by atoms with Gasteiger partial charge in [0, 0.05) is 19.3 Å². The van der Waals surface area contributed by atoms with Crippen LogP contribution in [0.25, 0.3) is 10.3 Å². The number of anilines is 1. The fourth-order valence-electron chi connectivity index (χ4n) is 3.39. The highest BCUT2D eigenvalue weighted by atomic mass is 32.1. The lowest BCUT2D eigenvalue weighted by atomic mass is 10.2. The van der Waals surface area contributed by atoms with Crippen molar-refractivity contribution >= 4 is 32.7 Å². The Kier molecular flexibility index (Phi) is 4.73. The summed E-state index contributed by atoms with van der Waals surface area (Å²) in [5.41, 5.74) is 3.12. The summed E-state index contributed by atoms with van der Waals surface area (Å²) in [4.78, 5) is 23.7. The highest BCUT2D eigenvalue weighted by Crippen LogP contribution is 2.34. The smallest absolute Gasteiger partial charge is 0.243 e. The largest absolute Gasteiger partial charge is 0.350 e. The summed E-state index contributed by atoms with van der Waals surface area (Å²) in [5, 5.41) is 13.2. The number of aryl methyl sites for hydroxylation is 1. The van der Waals surface area contributed by atoms with Gasteiger partial charge in [-0.15, -0.1) is 0 Å². The first-order chi connectivity index (χ1) is 13.2. The topological polar surface area (TPSA) is 81.9 Å². The third-order valence-corrected chi connectivity index (χ3v) is 5.92. The van der Waals surface area contributed by atoms with E-state index in [1.54, 1.807) is 6.20 Å². The molecular weight excluding hydrogens is 358 g/mol. The number of carbonyl (C=O) groups excluding carboxylic acids is 1. The maximum Gasteiger partial charge on any atom is 0.243 e. The van der Waals surface area contributed by atoms with E-state index in [4.69, 9.17) is 0 Å². The first kappa shape index (κ1) is 17.4. The van der Waals surface area contributed by atoms with Gasteiger partial charge in [0.1, 0.15) is 12.1 Å². The molecule has 0 aliphatic carbocycles. The molecule has 2 aromatic heterocycles. The lowest BCUT2D eigenvalue weighted by molar-refractivity contribution is -0.122. The van der Waals surface area contributed by atoms with Crippen molar-refractivity contribution in [3.05, 3.63) is 53.2 Å². The highest BCUT2D eigenvalue weighted by Gasteiger charge is 2.33. The van der Waals surface area contributed by atoms with Crippen molar-refractivity contribution in [3.63, 3.8) is 0 Å². The molecule has 3 aromatic rings. The van der Waals surface area contributed by atoms with E-state index in [0.717, 1.165) is 40.3 Å². The van der Waals surface area contributed by atoms with Gasteiger partial charge in [-0.3, -0.25) is 4.79 Å². The van der Waals surface area contributed by atoms with Gasteiger partial charge in [0.05, 0.1) is 10.3 Å². The lowest BCUT2D eigenvalue weighted by Gasteiger charge is -2.23. The fraction of sp³-hybridized carbons (Fsp3) is 0.300. The number of hydrogen-bond acceptors (Lipinski definition) is 6. The Hall–Kier alpha value is -2.98. The first-order valence-corrected chi connectivity index (χ1v) is 9.73. The van der Waals surface area contributed by atoms with Crippen molar-refractivity contribution in [2.75, 3.05) is 11.4 Å². The van der Waals surface area contributed by atoms with Gasteiger partial charge in [0.25, 0.3) is 0 Å². The lowest BCUT2D eigenvalue weighted by Crippen LogP contribution is -2.43. The van der Waals surface area contributed by atoms with Gasteiger partial charge in [-0.1, -0.05) is 41.7 Å². The van der Waals surface area contributed by atoms with Gasteiger partial charge in [-0.2, -0.15) is 10.2 Å². The summed E-state index contributed by atoms with van der Waals surface area (Å²) in [6, 6.07) is 11.9. The normalized spacial score (nSPS) is 16.4. The van der Waals surface area contributed by atoms with Gasteiger partial charge in [-0.05, 0) is 30.9 Å². The molecule has 1 atom stereocenters. The zero-order valence-corrected chi connectivity index (χ0v) is 15.8. The van der Waals surface area contributed by atoms with Gasteiger partial charge >= 0.3 is 0 Å². The molecule has 7 heteroatoms. The maximum absolute atomic E-state index is 12.8. The SMILES string of the molecule is Cc1cnc2nc(N3CCC[C@@H]3C(=O)NCc3ccccc3)sc2c1C#N. The highest BCUT2D eigenvalue weighted by molar-refractivity contribution is 7.22. The Morgan fingerprint density at radius 1 is 1.41 bits per heavy atom. The summed E-state index contributed by atoms with van der Waals surface area (Å²) in [5.74, 6) is 0.0141. The quantitative estimate of drug-likeness (QED) is 0.755. The van der Waals surface area contributed by atoms with Crippen LogP contribution in [0, 0.1) is 18.3 Å². The van der Waals surface area contributed by atoms with E-state index in [-0.39, 0.29) is 11.9 Å². The number of pyridine rings is 1. The molecule has 1 aliphatic heterocycles. The molecule has 0 unspecified atom stereocenters. The maximum atomic E-state index is 12.8. The Balaban J connectivity index is 1.55. The fourth-order valence-corrected chi connectivity index (χ4v) is 4.53. The van der Waals surface area contributed by atoms with Crippen molar-refractivity contribution in [1.29, 1.82) is 5.26 Å². The molecular formula is C20H19N5OS. The molecule has 4 rings (SSSR count). The van der Waals surface area contributed by atoms with Gasteiger partial charge in [-0.25, -0.2) is 4.98 Å². The van der Waals surface area contributed by atoms with Crippen molar-refractivity contribution < 1.29 is 4.79 Å². The molecule has 1 aromatic carbocycles. The van der Waals surface area contributed by atoms with E-state index in [0.29, 0.717) is 17.8 Å². The van der Waals surface area contributed by atoms with E-state index >= 15 is 0 Å². The summed E-state index contributed by atoms with van der Waals surface area (Å²) in [7, 11) is 0. The van der Waals surface area contributed by atoms with Crippen LogP contribution in [0.3, 0.4) is 0 Å². The molecule has 1 saturated heterocycles. The van der Waals surface area contributed by atoms with Crippen LogP contribution in [0.2, 0.25) is 0 Å². The Morgan fingerprint density at radius 3 is 3.00 bits per heavy atom. The van der Waals surface area contributed by atoms with E-state index in [1.807, 2.05) is 42.2 Å². The summed E-state index contributed by atoms with van der Waals surface area (Å²) < 4.78 is 0.794. The molecule has 0 saturated carbocycles. The third kappa shape index (κ3) is 3.36. The minimum atomic E-state index is -0.235. The van der Waals surface area contributed by atoms with Crippen LogP contribution in [-0.4, -0.2) is 28.5 Å². The number of nitriles is 1. The van der Waals surface area contributed by atoms with Gasteiger partial charge < -0.3 is 10.2 Å². The second-order valence-electron chi connectivity index (χ2n) is 6.63. The second-order valence-corrected chi connectivity index (χ2v) is 7.61. The van der Waals surface area contributed by atoms with E-state index in [1.165, 1.54) is 11.3 Å². The molecule has 1 fully saturated rings. The third-order valence-electron chi connectivity index (χ3n) is 4.82. The number of fused-ring (bicyclic) bond motifs is 1. The number of aromatic nitrogens is 2. The van der Waals surface area contributed by atoms with Gasteiger partial charge in [0.15, 0.2) is 10.8 Å². The average Bonchev–Trinajstić information content (AvgIpc) is 3.33. The number of thiazole rings is 1. The van der Waals surface area contributed by atoms with Crippen LogP contribution in [0.15, 0.2) is 36.5 Å². The molecule has 1 amide bonds. The van der Waals surface area contributed by atoms with Crippen LogP contribution in [-0.2, 0) is 11.3 Å². The minimum absolute atomic E-state index is 0.0141. The van der Waals surface area contributed by atoms with Crippen LogP contribution in [0.4, 0.5) is 5.13 Å². The zero-order valence-electron chi connectivity index (χ0n) is 15.0. The molecule has 0 radical (unpaired) electrons. The zero-order chi connectivity index (χ0) is 18.8. The van der Waals surface area contributed by atoms with Crippen molar-refractivity contribution in [2.24, 2.45) is 0 Å². The van der Waals surface area contributed by atoms with Crippen LogP contribution >= 0.6 is 11.3 Å². The van der Waals surface area contributed by atoms with Crippen molar-refractivity contribution in [1.82, 2.24) is 15.3 Å². The molecule has 1 N–H and O–H groups in total. The predicted molar refractivity (Wildman–Crippen MR) is 106 cm³/mol. The predicted octanol–water partition coefficient (Wildman–Crippen LogP) is 3.16. The van der Waals surface area contributed by atoms with Crippen molar-refractivity contribution in [2.45, 2.75) is 32.4 Å². The van der Waals surface area contributed by atoms with Gasteiger partial charge in [0.2, 0.25) is 5.91 Å². The monoisotopic (exact) mass is 377 g/mol. The number of hydrogen-bond donors (Lipinski definition) is 1. The summed E-state index contributed by atoms with van der Waals surface area (Å²) in [6.07, 6.45) is 3.42. The number of nitrogens with one attached hydrogen (secondary N) is 1. The molecule has 3 heterocycles. The van der Waals surface area contributed by atoms with E-state index in [2.05, 4.69) is 21.4 Å². The summed E-state index contributed by atoms with van der Waals surface area (Å²) in [6.45, 7) is 3.17. The number of carbonyl (C=O) groups is 1. The number of nitrogens with zero attached hydrogens (tertiary/aromatic N) is 4. The van der Waals surface area contributed by atoms with Crippen LogP contribution < -0.4 is 10.2 Å². The molecule has 0 bridgehead atoms. The number of benzene rings is 1. The standard InChI is InChI=1S/C20H19N5OS/c1-13-11-22-18-17(15(13)10-21)27-20(24-18)25-9-5-8-16(25)19(26)23-12-14-6-3-2-4-7-14/h2-4,6-7,11,16H,5,8-9,12H2,1H3,(H,23,26)/t16-/m1/s1. The molecule has 1 aliphatic rings.